The smallest absolute Gasteiger partial charge is 0.303 e. The number of para-hydroxylation sites is 1. The number of phenolic OH excluding ortho intramolecular Hbond substituents is 1. The van der Waals surface area contributed by atoms with Crippen molar-refractivity contribution in [3.05, 3.63) is 59.7 Å². The molecule has 0 saturated heterocycles. The molecule has 7 heteroatoms. The predicted molar refractivity (Wildman–Crippen MR) is 96.3 cm³/mol. The Labute approximate surface area is 150 Å². The van der Waals surface area contributed by atoms with Gasteiger partial charge in [0, 0.05) is 24.2 Å². The molecule has 0 saturated carbocycles. The van der Waals surface area contributed by atoms with Crippen LogP contribution in [0.4, 0.5) is 5.69 Å². The van der Waals surface area contributed by atoms with Crippen molar-refractivity contribution < 1.29 is 24.6 Å². The lowest BCUT2D eigenvalue weighted by atomic mass is 10.1. The Bertz CT molecular complexity index is 787. The van der Waals surface area contributed by atoms with Gasteiger partial charge in [-0.1, -0.05) is 12.1 Å². The third-order valence-corrected chi connectivity index (χ3v) is 3.66. The van der Waals surface area contributed by atoms with Crippen molar-refractivity contribution in [2.45, 2.75) is 19.3 Å². The van der Waals surface area contributed by atoms with E-state index in [1.807, 2.05) is 0 Å². The van der Waals surface area contributed by atoms with Crippen molar-refractivity contribution in [1.82, 2.24) is 5.32 Å². The number of carboxylic acids is 1. The van der Waals surface area contributed by atoms with Gasteiger partial charge in [-0.15, -0.1) is 0 Å². The number of amides is 2. The number of carbonyl (C=O) groups excluding carboxylic acids is 2. The quantitative estimate of drug-likeness (QED) is 0.543. The van der Waals surface area contributed by atoms with Crippen molar-refractivity contribution >= 4 is 23.5 Å². The summed E-state index contributed by atoms with van der Waals surface area (Å²) in [5, 5.41) is 23.6. The van der Waals surface area contributed by atoms with Crippen LogP contribution in [0.1, 0.15) is 40.0 Å². The Morgan fingerprint density at radius 1 is 0.885 bits per heavy atom. The van der Waals surface area contributed by atoms with Gasteiger partial charge in [-0.05, 0) is 49.2 Å². The molecule has 136 valence electrons. The van der Waals surface area contributed by atoms with Gasteiger partial charge in [-0.25, -0.2) is 0 Å². The minimum Gasteiger partial charge on any atom is -0.507 e. The molecule has 0 radical (unpaired) electrons. The maximum Gasteiger partial charge on any atom is 0.303 e. The summed E-state index contributed by atoms with van der Waals surface area (Å²) in [5.41, 5.74) is 1.09. The van der Waals surface area contributed by atoms with Gasteiger partial charge in [0.25, 0.3) is 11.8 Å². The third-order valence-electron chi connectivity index (χ3n) is 3.66. The van der Waals surface area contributed by atoms with Crippen molar-refractivity contribution in [1.29, 1.82) is 0 Å². The van der Waals surface area contributed by atoms with Crippen LogP contribution in [0.25, 0.3) is 0 Å². The van der Waals surface area contributed by atoms with E-state index in [4.69, 9.17) is 5.11 Å². The summed E-state index contributed by atoms with van der Waals surface area (Å²) in [5.74, 6) is -1.67. The maximum absolute atomic E-state index is 12.1. The summed E-state index contributed by atoms with van der Waals surface area (Å²) in [6, 6.07) is 12.6. The Kier molecular flexibility index (Phi) is 6.73. The zero-order valence-electron chi connectivity index (χ0n) is 14.1. The van der Waals surface area contributed by atoms with E-state index in [0.717, 1.165) is 0 Å². The second-order valence-electron chi connectivity index (χ2n) is 5.66. The number of aromatic hydroxyl groups is 1. The number of carbonyl (C=O) groups is 3. The van der Waals surface area contributed by atoms with Crippen LogP contribution in [0, 0.1) is 0 Å². The zero-order chi connectivity index (χ0) is 18.9. The fraction of sp³-hybridized carbons (Fsp3) is 0.211. The number of rotatable bonds is 8. The second kappa shape index (κ2) is 9.22. The Balaban J connectivity index is 1.85. The van der Waals surface area contributed by atoms with Crippen LogP contribution in [0.2, 0.25) is 0 Å². The van der Waals surface area contributed by atoms with Crippen LogP contribution in [-0.2, 0) is 4.79 Å². The minimum absolute atomic E-state index is 0.0846. The molecule has 26 heavy (non-hydrogen) atoms. The lowest BCUT2D eigenvalue weighted by Gasteiger charge is -2.08. The summed E-state index contributed by atoms with van der Waals surface area (Å²) in [6.07, 6.45) is 1.18. The maximum atomic E-state index is 12.1. The van der Waals surface area contributed by atoms with E-state index in [1.165, 1.54) is 12.1 Å². The molecule has 0 aliphatic heterocycles. The standard InChI is InChI=1S/C19H20N2O5/c22-16-6-2-1-5-15(16)19(26)21-14-10-8-13(9-11-14)18(25)20-12-4-3-7-17(23)24/h1-2,5-6,8-11,22H,3-4,7,12H2,(H,20,25)(H,21,26)(H,23,24). The molecule has 0 heterocycles. The third kappa shape index (κ3) is 5.62. The van der Waals surface area contributed by atoms with Gasteiger partial charge in [0.15, 0.2) is 0 Å². The van der Waals surface area contributed by atoms with Gasteiger partial charge in [0.1, 0.15) is 5.75 Å². The normalized spacial score (nSPS) is 10.2. The van der Waals surface area contributed by atoms with Crippen LogP contribution in [0.3, 0.4) is 0 Å². The Morgan fingerprint density at radius 3 is 2.23 bits per heavy atom. The van der Waals surface area contributed by atoms with Gasteiger partial charge < -0.3 is 20.8 Å². The fourth-order valence-corrected chi connectivity index (χ4v) is 2.27. The van der Waals surface area contributed by atoms with Crippen LogP contribution in [0.15, 0.2) is 48.5 Å². The van der Waals surface area contributed by atoms with E-state index in [9.17, 15) is 19.5 Å². The fourth-order valence-electron chi connectivity index (χ4n) is 2.27. The predicted octanol–water partition coefficient (Wildman–Crippen LogP) is 2.63. The van der Waals surface area contributed by atoms with Crippen LogP contribution in [0.5, 0.6) is 5.75 Å². The van der Waals surface area contributed by atoms with Gasteiger partial charge in [-0.3, -0.25) is 14.4 Å². The molecular formula is C19H20N2O5. The van der Waals surface area contributed by atoms with Crippen LogP contribution >= 0.6 is 0 Å². The van der Waals surface area contributed by atoms with E-state index < -0.39 is 11.9 Å². The van der Waals surface area contributed by atoms with E-state index in [0.29, 0.717) is 30.6 Å². The van der Waals surface area contributed by atoms with Gasteiger partial charge >= 0.3 is 5.97 Å². The lowest BCUT2D eigenvalue weighted by molar-refractivity contribution is -0.137. The molecule has 2 rings (SSSR count). The average molecular weight is 356 g/mol. The lowest BCUT2D eigenvalue weighted by Crippen LogP contribution is -2.24. The molecule has 2 aromatic rings. The molecule has 7 nitrogen and oxygen atoms in total. The topological polar surface area (TPSA) is 116 Å². The molecule has 4 N–H and O–H groups in total. The number of phenols is 1. The number of nitrogens with one attached hydrogen (secondary N) is 2. The molecule has 0 unspecified atom stereocenters. The van der Waals surface area contributed by atoms with E-state index >= 15 is 0 Å². The highest BCUT2D eigenvalue weighted by atomic mass is 16.4. The highest BCUT2D eigenvalue weighted by molar-refractivity contribution is 6.06. The van der Waals surface area contributed by atoms with E-state index in [1.54, 1.807) is 36.4 Å². The number of benzene rings is 2. The number of unbranched alkanes of at least 4 members (excludes halogenated alkanes) is 1. The molecule has 0 bridgehead atoms. The molecular weight excluding hydrogens is 336 g/mol. The van der Waals surface area contributed by atoms with E-state index in [2.05, 4.69) is 10.6 Å². The van der Waals surface area contributed by atoms with Gasteiger partial charge in [-0.2, -0.15) is 0 Å². The second-order valence-corrected chi connectivity index (χ2v) is 5.66. The summed E-state index contributed by atoms with van der Waals surface area (Å²) >= 11 is 0. The first-order chi connectivity index (χ1) is 12.5. The molecule has 0 aromatic heterocycles. The molecule has 0 atom stereocenters. The summed E-state index contributed by atoms with van der Waals surface area (Å²) in [6.45, 7) is 0.401. The number of anilines is 1. The van der Waals surface area contributed by atoms with Crippen molar-refractivity contribution in [2.24, 2.45) is 0 Å². The molecule has 0 aliphatic carbocycles. The van der Waals surface area contributed by atoms with Crippen LogP contribution < -0.4 is 10.6 Å². The Hall–Kier alpha value is -3.35. The molecule has 2 amide bonds. The SMILES string of the molecule is O=C(O)CCCCNC(=O)c1ccc(NC(=O)c2ccccc2O)cc1. The van der Waals surface area contributed by atoms with Gasteiger partial charge in [0.05, 0.1) is 5.56 Å². The number of hydrogen-bond donors (Lipinski definition) is 4. The van der Waals surface area contributed by atoms with Crippen molar-refractivity contribution in [2.75, 3.05) is 11.9 Å². The summed E-state index contributed by atoms with van der Waals surface area (Å²) < 4.78 is 0. The number of hydrogen-bond acceptors (Lipinski definition) is 4. The van der Waals surface area contributed by atoms with Gasteiger partial charge in [0.2, 0.25) is 0 Å². The monoisotopic (exact) mass is 356 g/mol. The van der Waals surface area contributed by atoms with Crippen LogP contribution in [-0.4, -0.2) is 34.5 Å². The molecule has 0 spiro atoms. The van der Waals surface area contributed by atoms with Crippen molar-refractivity contribution in [3.63, 3.8) is 0 Å². The average Bonchev–Trinajstić information content (AvgIpc) is 2.62. The summed E-state index contributed by atoms with van der Waals surface area (Å²) in [4.78, 5) is 34.5. The molecule has 0 aliphatic rings. The minimum atomic E-state index is -0.849. The highest BCUT2D eigenvalue weighted by Crippen LogP contribution is 2.18. The highest BCUT2D eigenvalue weighted by Gasteiger charge is 2.11. The molecule has 0 fully saturated rings. The van der Waals surface area contributed by atoms with E-state index in [-0.39, 0.29) is 23.6 Å². The first kappa shape index (κ1) is 19.0. The largest absolute Gasteiger partial charge is 0.507 e. The first-order valence-electron chi connectivity index (χ1n) is 8.17. The summed E-state index contributed by atoms with van der Waals surface area (Å²) in [7, 11) is 0. The number of aliphatic carboxylic acids is 1. The Morgan fingerprint density at radius 2 is 1.58 bits per heavy atom. The number of carboxylic acid groups (broad SMARTS) is 1. The van der Waals surface area contributed by atoms with Crippen molar-refractivity contribution in [3.8, 4) is 5.75 Å². The molecule has 2 aromatic carbocycles. The first-order valence-corrected chi connectivity index (χ1v) is 8.17. The zero-order valence-corrected chi connectivity index (χ0v) is 14.1.